The highest BCUT2D eigenvalue weighted by molar-refractivity contribution is 6.00. The van der Waals surface area contributed by atoms with Gasteiger partial charge >= 0.3 is 0 Å². The van der Waals surface area contributed by atoms with Crippen molar-refractivity contribution in [1.29, 1.82) is 0 Å². The van der Waals surface area contributed by atoms with Crippen LogP contribution in [0.1, 0.15) is 42.1 Å². The first kappa shape index (κ1) is 23.7. The third-order valence-electron chi connectivity index (χ3n) is 6.77. The van der Waals surface area contributed by atoms with Crippen LogP contribution in [0.3, 0.4) is 0 Å². The molecule has 2 saturated heterocycles. The van der Waals surface area contributed by atoms with Crippen molar-refractivity contribution < 1.29 is 18.9 Å². The Hall–Kier alpha value is -3.49. The zero-order valence-electron chi connectivity index (χ0n) is 19.3. The molecule has 1 amide bonds. The molecule has 9 heteroatoms. The lowest BCUT2D eigenvalue weighted by molar-refractivity contribution is -0.384. The van der Waals surface area contributed by atoms with E-state index in [2.05, 4.69) is 11.8 Å². The van der Waals surface area contributed by atoms with Gasteiger partial charge in [-0.2, -0.15) is 0 Å². The summed E-state index contributed by atoms with van der Waals surface area (Å²) in [6.45, 7) is 4.58. The molecule has 0 bridgehead atoms. The molecule has 2 aromatic rings. The second-order valence-corrected chi connectivity index (χ2v) is 8.93. The van der Waals surface area contributed by atoms with Crippen LogP contribution in [0.15, 0.2) is 36.4 Å². The summed E-state index contributed by atoms with van der Waals surface area (Å²) >= 11 is 0. The van der Waals surface area contributed by atoms with Gasteiger partial charge in [0, 0.05) is 57.3 Å². The second-order valence-electron chi connectivity index (χ2n) is 8.93. The van der Waals surface area contributed by atoms with Crippen LogP contribution in [-0.2, 0) is 11.2 Å². The minimum atomic E-state index is -0.477. The third kappa shape index (κ3) is 4.88. The maximum Gasteiger partial charge on any atom is 0.270 e. The van der Waals surface area contributed by atoms with Crippen molar-refractivity contribution in [3.8, 4) is 0 Å². The molecule has 34 heavy (non-hydrogen) atoms. The van der Waals surface area contributed by atoms with Crippen LogP contribution >= 0.6 is 0 Å². The molecular formula is C25H29FN4O4. The van der Waals surface area contributed by atoms with Crippen molar-refractivity contribution in [2.45, 2.75) is 38.6 Å². The normalized spacial score (nSPS) is 18.6. The molecule has 0 spiro atoms. The number of anilines is 2. The molecule has 2 aromatic carbocycles. The molecule has 0 aliphatic carbocycles. The number of amides is 1. The maximum atomic E-state index is 14.6. The first-order valence-corrected chi connectivity index (χ1v) is 11.7. The number of non-ortho nitro benzene ring substituents is 1. The van der Waals surface area contributed by atoms with E-state index in [9.17, 15) is 24.1 Å². The fourth-order valence-electron chi connectivity index (χ4n) is 4.87. The van der Waals surface area contributed by atoms with Crippen molar-refractivity contribution in [3.05, 3.63) is 63.5 Å². The number of rotatable bonds is 6. The number of piperazine rings is 1. The van der Waals surface area contributed by atoms with Gasteiger partial charge in [-0.3, -0.25) is 14.9 Å². The molecule has 0 aromatic heterocycles. The Morgan fingerprint density at radius 2 is 1.82 bits per heavy atom. The maximum absolute atomic E-state index is 14.6. The van der Waals surface area contributed by atoms with Gasteiger partial charge in [0.1, 0.15) is 12.1 Å². The van der Waals surface area contributed by atoms with Crippen molar-refractivity contribution >= 4 is 29.3 Å². The Morgan fingerprint density at radius 1 is 1.09 bits per heavy atom. The number of aldehydes is 1. The van der Waals surface area contributed by atoms with Crippen LogP contribution in [0, 0.1) is 15.9 Å². The average Bonchev–Trinajstić information content (AvgIpc) is 2.84. The average molecular weight is 469 g/mol. The van der Waals surface area contributed by atoms with E-state index in [1.54, 1.807) is 23.1 Å². The van der Waals surface area contributed by atoms with E-state index >= 15 is 0 Å². The number of hydrogen-bond donors (Lipinski definition) is 0. The zero-order valence-corrected chi connectivity index (χ0v) is 19.3. The van der Waals surface area contributed by atoms with E-state index in [0.717, 1.165) is 37.8 Å². The van der Waals surface area contributed by atoms with Crippen LogP contribution in [0.4, 0.5) is 21.5 Å². The van der Waals surface area contributed by atoms with E-state index < -0.39 is 4.92 Å². The van der Waals surface area contributed by atoms with E-state index in [1.165, 1.54) is 18.2 Å². The largest absolute Gasteiger partial charge is 0.368 e. The van der Waals surface area contributed by atoms with Crippen molar-refractivity contribution in [1.82, 2.24) is 4.90 Å². The minimum Gasteiger partial charge on any atom is -0.368 e. The van der Waals surface area contributed by atoms with Gasteiger partial charge in [-0.15, -0.1) is 0 Å². The Bertz CT molecular complexity index is 1080. The van der Waals surface area contributed by atoms with Crippen LogP contribution in [0.25, 0.3) is 0 Å². The molecule has 180 valence electrons. The Morgan fingerprint density at radius 3 is 2.47 bits per heavy atom. The molecule has 1 atom stereocenters. The Labute approximate surface area is 198 Å². The standard InChI is InChI=1S/C25H29FN4O4/c1-18-4-2-3-10-29(18)23-8-6-20(30(33)34)17-21(23)25(32)28-13-11-27(12-14-28)24-7-5-19(9-15-31)16-22(24)26/h5-8,15-18H,2-4,9-14H2,1H3. The number of halogens is 1. The van der Waals surface area contributed by atoms with Gasteiger partial charge in [-0.1, -0.05) is 6.07 Å². The molecule has 2 fully saturated rings. The van der Waals surface area contributed by atoms with E-state index in [4.69, 9.17) is 0 Å². The summed E-state index contributed by atoms with van der Waals surface area (Å²) in [5, 5.41) is 11.4. The fraction of sp³-hybridized carbons (Fsp3) is 0.440. The Kier molecular flexibility index (Phi) is 7.09. The summed E-state index contributed by atoms with van der Waals surface area (Å²) in [5.74, 6) is -0.628. The Balaban J connectivity index is 1.53. The van der Waals surface area contributed by atoms with Crippen molar-refractivity contribution in [2.24, 2.45) is 0 Å². The summed E-state index contributed by atoms with van der Waals surface area (Å²) in [5.41, 5.74) is 2.05. The first-order chi connectivity index (χ1) is 16.4. The topological polar surface area (TPSA) is 87.0 Å². The summed E-state index contributed by atoms with van der Waals surface area (Å²) in [7, 11) is 0. The van der Waals surface area contributed by atoms with Gasteiger partial charge in [0.25, 0.3) is 11.6 Å². The molecule has 2 heterocycles. The van der Waals surface area contributed by atoms with Gasteiger partial charge in [0.05, 0.1) is 21.9 Å². The van der Waals surface area contributed by atoms with Gasteiger partial charge in [0.15, 0.2) is 0 Å². The van der Waals surface area contributed by atoms with E-state index in [1.807, 2.05) is 4.90 Å². The molecule has 1 unspecified atom stereocenters. The number of benzene rings is 2. The summed E-state index contributed by atoms with van der Waals surface area (Å²) in [4.78, 5) is 40.9. The smallest absolute Gasteiger partial charge is 0.270 e. The molecule has 0 N–H and O–H groups in total. The van der Waals surface area contributed by atoms with Crippen LogP contribution in [0.2, 0.25) is 0 Å². The van der Waals surface area contributed by atoms with Crippen LogP contribution in [0.5, 0.6) is 0 Å². The quantitative estimate of drug-likeness (QED) is 0.364. The number of nitro groups is 1. The number of piperidine rings is 1. The minimum absolute atomic E-state index is 0.104. The molecule has 2 aliphatic heterocycles. The molecule has 2 aliphatic rings. The van der Waals surface area contributed by atoms with Gasteiger partial charge in [0.2, 0.25) is 0 Å². The lowest BCUT2D eigenvalue weighted by Crippen LogP contribution is -2.49. The monoisotopic (exact) mass is 468 g/mol. The van der Waals surface area contributed by atoms with Gasteiger partial charge < -0.3 is 19.5 Å². The fourth-order valence-corrected chi connectivity index (χ4v) is 4.87. The lowest BCUT2D eigenvalue weighted by atomic mass is 10.00. The molecular weight excluding hydrogens is 439 g/mol. The first-order valence-electron chi connectivity index (χ1n) is 11.7. The summed E-state index contributed by atoms with van der Waals surface area (Å²) in [6.07, 6.45) is 4.07. The molecule has 0 radical (unpaired) electrons. The zero-order chi connectivity index (χ0) is 24.2. The van der Waals surface area contributed by atoms with Crippen LogP contribution < -0.4 is 9.80 Å². The molecule has 8 nitrogen and oxygen atoms in total. The predicted octanol–water partition coefficient (Wildman–Crippen LogP) is 3.82. The number of carbonyl (C=O) groups is 2. The van der Waals surface area contributed by atoms with Crippen LogP contribution in [-0.4, -0.2) is 60.8 Å². The van der Waals surface area contributed by atoms with Gasteiger partial charge in [-0.05, 0) is 49.9 Å². The van der Waals surface area contributed by atoms with E-state index in [-0.39, 0.29) is 29.9 Å². The molecule has 0 saturated carbocycles. The predicted molar refractivity (Wildman–Crippen MR) is 128 cm³/mol. The highest BCUT2D eigenvalue weighted by Crippen LogP contribution is 2.32. The van der Waals surface area contributed by atoms with Crippen molar-refractivity contribution in [2.75, 3.05) is 42.5 Å². The van der Waals surface area contributed by atoms with Gasteiger partial charge in [-0.25, -0.2) is 4.39 Å². The molecule has 4 rings (SSSR count). The SMILES string of the molecule is CC1CCCCN1c1ccc([N+](=O)[O-])cc1C(=O)N1CCN(c2ccc(CC=O)cc2F)CC1. The summed E-state index contributed by atoms with van der Waals surface area (Å²) < 4.78 is 14.6. The highest BCUT2D eigenvalue weighted by Gasteiger charge is 2.30. The third-order valence-corrected chi connectivity index (χ3v) is 6.77. The lowest BCUT2D eigenvalue weighted by Gasteiger charge is -2.39. The summed E-state index contributed by atoms with van der Waals surface area (Å²) in [6, 6.07) is 9.57. The number of carbonyl (C=O) groups excluding carboxylic acids is 2. The number of hydrogen-bond acceptors (Lipinski definition) is 6. The highest BCUT2D eigenvalue weighted by atomic mass is 19.1. The number of nitrogens with zero attached hydrogens (tertiary/aromatic N) is 4. The number of nitro benzene ring substituents is 1. The second kappa shape index (κ2) is 10.2. The van der Waals surface area contributed by atoms with E-state index in [0.29, 0.717) is 43.0 Å². The van der Waals surface area contributed by atoms with Crippen molar-refractivity contribution in [3.63, 3.8) is 0 Å².